The zero-order valence-electron chi connectivity index (χ0n) is 14.8. The largest absolute Gasteiger partial charge is 0.496 e. The second kappa shape index (κ2) is 7.38. The average molecular weight is 337 g/mol. The van der Waals surface area contributed by atoms with E-state index in [0.29, 0.717) is 23.9 Å². The molecule has 5 heteroatoms. The van der Waals surface area contributed by atoms with Crippen LogP contribution in [0.4, 0.5) is 0 Å². The van der Waals surface area contributed by atoms with Gasteiger partial charge in [-0.2, -0.15) is 0 Å². The molecule has 25 heavy (non-hydrogen) atoms. The third-order valence-electron chi connectivity index (χ3n) is 4.25. The zero-order chi connectivity index (χ0) is 17.8. The van der Waals surface area contributed by atoms with Crippen molar-refractivity contribution in [2.75, 3.05) is 13.7 Å². The molecule has 2 aromatic carbocycles. The number of hydrogen-bond acceptors (Lipinski definition) is 3. The summed E-state index contributed by atoms with van der Waals surface area (Å²) in [7, 11) is 1.57. The first-order chi connectivity index (χ1) is 12.1. The Bertz CT molecular complexity index is 884. The maximum Gasteiger partial charge on any atom is 0.255 e. The van der Waals surface area contributed by atoms with Gasteiger partial charge in [-0.1, -0.05) is 18.2 Å². The number of rotatable bonds is 6. The predicted molar refractivity (Wildman–Crippen MR) is 99.1 cm³/mol. The van der Waals surface area contributed by atoms with E-state index in [-0.39, 0.29) is 5.91 Å². The van der Waals surface area contributed by atoms with Gasteiger partial charge in [0, 0.05) is 12.6 Å². The van der Waals surface area contributed by atoms with Crippen LogP contribution in [0.2, 0.25) is 0 Å². The molecule has 1 aromatic heterocycles. The van der Waals surface area contributed by atoms with Crippen molar-refractivity contribution in [1.29, 1.82) is 0 Å². The monoisotopic (exact) mass is 337 g/mol. The molecule has 0 aliphatic carbocycles. The van der Waals surface area contributed by atoms with Gasteiger partial charge in [-0.15, -0.1) is 0 Å². The minimum Gasteiger partial charge on any atom is -0.496 e. The number of amides is 1. The number of para-hydroxylation sites is 1. The number of nitrogens with zero attached hydrogens (tertiary/aromatic N) is 2. The van der Waals surface area contributed by atoms with Crippen molar-refractivity contribution in [3.8, 4) is 5.75 Å². The van der Waals surface area contributed by atoms with Gasteiger partial charge in [0.2, 0.25) is 0 Å². The minimum atomic E-state index is -0.123. The van der Waals surface area contributed by atoms with E-state index in [0.717, 1.165) is 23.0 Å². The molecule has 130 valence electrons. The zero-order valence-corrected chi connectivity index (χ0v) is 14.8. The Balaban J connectivity index is 1.64. The Morgan fingerprint density at radius 1 is 1.24 bits per heavy atom. The normalized spacial score (nSPS) is 11.0. The average Bonchev–Trinajstić information content (AvgIpc) is 3.05. The molecule has 0 bridgehead atoms. The summed E-state index contributed by atoms with van der Waals surface area (Å²) in [5, 5.41) is 2.95. The highest BCUT2D eigenvalue weighted by atomic mass is 16.5. The molecule has 0 atom stereocenters. The summed E-state index contributed by atoms with van der Waals surface area (Å²) in [4.78, 5) is 16.8. The molecular formula is C20H23N3O2. The summed E-state index contributed by atoms with van der Waals surface area (Å²) >= 11 is 0. The number of carbonyl (C=O) groups excluding carboxylic acids is 1. The first kappa shape index (κ1) is 17.0. The lowest BCUT2D eigenvalue weighted by Gasteiger charge is -2.10. The van der Waals surface area contributed by atoms with Crippen molar-refractivity contribution in [3.63, 3.8) is 0 Å². The Morgan fingerprint density at radius 2 is 2.04 bits per heavy atom. The fourth-order valence-electron chi connectivity index (χ4n) is 2.89. The second-order valence-corrected chi connectivity index (χ2v) is 6.27. The first-order valence-electron chi connectivity index (χ1n) is 8.47. The summed E-state index contributed by atoms with van der Waals surface area (Å²) in [6, 6.07) is 13.9. The molecule has 1 amide bonds. The van der Waals surface area contributed by atoms with Crippen LogP contribution in [0.25, 0.3) is 11.0 Å². The Hall–Kier alpha value is -2.82. The van der Waals surface area contributed by atoms with Crippen molar-refractivity contribution >= 4 is 16.9 Å². The molecule has 1 N–H and O–H groups in total. The van der Waals surface area contributed by atoms with Crippen molar-refractivity contribution < 1.29 is 9.53 Å². The number of fused-ring (bicyclic) bond motifs is 1. The second-order valence-electron chi connectivity index (χ2n) is 6.27. The summed E-state index contributed by atoms with van der Waals surface area (Å²) in [5.41, 5.74) is 3.83. The third-order valence-corrected chi connectivity index (χ3v) is 4.25. The van der Waals surface area contributed by atoms with Gasteiger partial charge in [0.15, 0.2) is 0 Å². The Morgan fingerprint density at radius 3 is 2.80 bits per heavy atom. The number of methoxy groups -OCH3 is 1. The molecule has 0 spiro atoms. The van der Waals surface area contributed by atoms with Crippen molar-refractivity contribution in [1.82, 2.24) is 14.9 Å². The summed E-state index contributed by atoms with van der Waals surface area (Å²) in [5.74, 6) is 0.461. The van der Waals surface area contributed by atoms with Crippen LogP contribution in [0, 0.1) is 0 Å². The fourth-order valence-corrected chi connectivity index (χ4v) is 2.89. The molecule has 3 aromatic rings. The molecule has 3 rings (SSSR count). The van der Waals surface area contributed by atoms with Gasteiger partial charge in [0.1, 0.15) is 5.75 Å². The standard InChI is InChI=1S/C20H23N3O2/c1-14(2)23-13-22-17-12-15(8-9-18(17)23)10-11-21-20(24)16-6-4-5-7-19(16)25-3/h4-9,12-14H,10-11H2,1-3H3,(H,21,24). The van der Waals surface area contributed by atoms with Gasteiger partial charge < -0.3 is 14.6 Å². The molecule has 0 fully saturated rings. The van der Waals surface area contributed by atoms with E-state index in [1.54, 1.807) is 19.2 Å². The number of carbonyl (C=O) groups is 1. The van der Waals surface area contributed by atoms with Gasteiger partial charge in [-0.25, -0.2) is 4.98 Å². The number of aromatic nitrogens is 2. The van der Waals surface area contributed by atoms with Crippen LogP contribution in [-0.2, 0) is 6.42 Å². The number of benzene rings is 2. The van der Waals surface area contributed by atoms with E-state index in [1.165, 1.54) is 0 Å². The molecule has 0 saturated heterocycles. The first-order valence-corrected chi connectivity index (χ1v) is 8.47. The van der Waals surface area contributed by atoms with Crippen LogP contribution >= 0.6 is 0 Å². The number of imidazole rings is 1. The lowest BCUT2D eigenvalue weighted by molar-refractivity contribution is 0.0951. The molecule has 0 radical (unpaired) electrons. The highest BCUT2D eigenvalue weighted by Gasteiger charge is 2.11. The molecule has 0 aliphatic rings. The Labute approximate surface area is 147 Å². The smallest absolute Gasteiger partial charge is 0.255 e. The summed E-state index contributed by atoms with van der Waals surface area (Å²) < 4.78 is 7.38. The SMILES string of the molecule is COc1ccccc1C(=O)NCCc1ccc2c(c1)ncn2C(C)C. The van der Waals surface area contributed by atoms with Crippen LogP contribution in [0.3, 0.4) is 0 Å². The Kier molecular flexibility index (Phi) is 5.03. The summed E-state index contributed by atoms with van der Waals surface area (Å²) in [6.45, 7) is 4.85. The van der Waals surface area contributed by atoms with E-state index in [9.17, 15) is 4.79 Å². The number of hydrogen-bond donors (Lipinski definition) is 1. The van der Waals surface area contributed by atoms with E-state index in [4.69, 9.17) is 4.74 Å². The predicted octanol–water partition coefficient (Wildman–Crippen LogP) is 3.60. The maximum absolute atomic E-state index is 12.3. The topological polar surface area (TPSA) is 56.1 Å². The van der Waals surface area contributed by atoms with E-state index in [1.807, 2.05) is 18.5 Å². The molecule has 5 nitrogen and oxygen atoms in total. The molecule has 0 aliphatic heterocycles. The fraction of sp³-hybridized carbons (Fsp3) is 0.300. The van der Waals surface area contributed by atoms with E-state index in [2.05, 4.69) is 46.9 Å². The minimum absolute atomic E-state index is 0.123. The highest BCUT2D eigenvalue weighted by molar-refractivity contribution is 5.96. The lowest BCUT2D eigenvalue weighted by Crippen LogP contribution is -2.26. The lowest BCUT2D eigenvalue weighted by atomic mass is 10.1. The molecule has 0 saturated carbocycles. The van der Waals surface area contributed by atoms with E-state index >= 15 is 0 Å². The van der Waals surface area contributed by atoms with Crippen LogP contribution in [0.1, 0.15) is 35.8 Å². The number of nitrogens with one attached hydrogen (secondary N) is 1. The summed E-state index contributed by atoms with van der Waals surface area (Å²) in [6.07, 6.45) is 2.63. The highest BCUT2D eigenvalue weighted by Crippen LogP contribution is 2.19. The van der Waals surface area contributed by atoms with Crippen LogP contribution in [0.5, 0.6) is 5.75 Å². The van der Waals surface area contributed by atoms with Gasteiger partial charge in [0.05, 0.1) is 30.0 Å². The molecule has 0 unspecified atom stereocenters. The van der Waals surface area contributed by atoms with E-state index < -0.39 is 0 Å². The van der Waals surface area contributed by atoms with Gasteiger partial charge in [-0.05, 0) is 50.1 Å². The maximum atomic E-state index is 12.3. The quantitative estimate of drug-likeness (QED) is 0.748. The molecular weight excluding hydrogens is 314 g/mol. The number of ether oxygens (including phenoxy) is 1. The molecule has 1 heterocycles. The van der Waals surface area contributed by atoms with Crippen LogP contribution in [0.15, 0.2) is 48.8 Å². The van der Waals surface area contributed by atoms with Gasteiger partial charge in [0.25, 0.3) is 5.91 Å². The van der Waals surface area contributed by atoms with Crippen molar-refractivity contribution in [3.05, 3.63) is 59.9 Å². The van der Waals surface area contributed by atoms with Gasteiger partial charge >= 0.3 is 0 Å². The van der Waals surface area contributed by atoms with Crippen LogP contribution in [-0.4, -0.2) is 29.1 Å². The van der Waals surface area contributed by atoms with Crippen molar-refractivity contribution in [2.45, 2.75) is 26.3 Å². The van der Waals surface area contributed by atoms with Gasteiger partial charge in [-0.3, -0.25) is 4.79 Å². The van der Waals surface area contributed by atoms with Crippen molar-refractivity contribution in [2.24, 2.45) is 0 Å². The van der Waals surface area contributed by atoms with Crippen LogP contribution < -0.4 is 10.1 Å². The third kappa shape index (κ3) is 3.65.